The topological polar surface area (TPSA) is 81.0 Å². The van der Waals surface area contributed by atoms with Gasteiger partial charge in [-0.05, 0) is 13.0 Å². The molecule has 0 aliphatic rings. The fourth-order valence-electron chi connectivity index (χ4n) is 1.24. The lowest BCUT2D eigenvalue weighted by molar-refractivity contribution is -0.385. The fourth-order valence-corrected chi connectivity index (χ4v) is 1.24. The van der Waals surface area contributed by atoms with Crippen LogP contribution in [0.25, 0.3) is 0 Å². The van der Waals surface area contributed by atoms with Crippen molar-refractivity contribution in [2.24, 2.45) is 0 Å². The number of aryl methyl sites for hydroxylation is 1. The summed E-state index contributed by atoms with van der Waals surface area (Å²) in [5.74, 6) is 0.606. The highest BCUT2D eigenvalue weighted by Gasteiger charge is 2.15. The van der Waals surface area contributed by atoms with Crippen LogP contribution in [0, 0.1) is 17.0 Å². The highest BCUT2D eigenvalue weighted by atomic mass is 16.6. The molecule has 2 aromatic rings. The molecular formula is C10H9N3O3. The molecule has 82 valence electrons. The zero-order valence-electron chi connectivity index (χ0n) is 8.51. The molecule has 6 heteroatoms. The van der Waals surface area contributed by atoms with E-state index in [-0.39, 0.29) is 11.4 Å². The van der Waals surface area contributed by atoms with Gasteiger partial charge < -0.3 is 4.74 Å². The number of nitrogens with zero attached hydrogens (tertiary/aromatic N) is 2. The summed E-state index contributed by atoms with van der Waals surface area (Å²) >= 11 is 0. The van der Waals surface area contributed by atoms with Gasteiger partial charge in [0.15, 0.2) is 0 Å². The third-order valence-electron chi connectivity index (χ3n) is 2.06. The molecule has 0 aliphatic carbocycles. The Kier molecular flexibility index (Phi) is 2.55. The number of hydrogen-bond acceptors (Lipinski definition) is 4. The summed E-state index contributed by atoms with van der Waals surface area (Å²) in [7, 11) is 0. The largest absolute Gasteiger partial charge is 0.432 e. The van der Waals surface area contributed by atoms with Crippen molar-refractivity contribution in [1.82, 2.24) is 10.2 Å². The first-order chi connectivity index (χ1) is 7.68. The maximum atomic E-state index is 10.7. The van der Waals surface area contributed by atoms with Gasteiger partial charge in [0, 0.05) is 11.6 Å². The summed E-state index contributed by atoms with van der Waals surface area (Å²) in [6.07, 6.45) is 1.59. The molecule has 1 N–H and O–H groups in total. The Morgan fingerprint density at radius 2 is 2.19 bits per heavy atom. The number of nitro groups is 1. The average Bonchev–Trinajstić information content (AvgIpc) is 2.65. The summed E-state index contributed by atoms with van der Waals surface area (Å²) in [4.78, 5) is 10.2. The van der Waals surface area contributed by atoms with Gasteiger partial charge in [0.2, 0.25) is 11.6 Å². The van der Waals surface area contributed by atoms with Crippen molar-refractivity contribution in [3.8, 4) is 11.6 Å². The Labute approximate surface area is 91.0 Å². The van der Waals surface area contributed by atoms with Gasteiger partial charge in [-0.1, -0.05) is 12.1 Å². The van der Waals surface area contributed by atoms with E-state index in [1.807, 2.05) is 0 Å². The molecule has 1 aromatic carbocycles. The molecule has 0 fully saturated rings. The SMILES string of the molecule is Cc1cn[nH]c1Oc1ccccc1[N+](=O)[O-]. The number of nitro benzene ring substituents is 1. The van der Waals surface area contributed by atoms with Crippen LogP contribution in [0.3, 0.4) is 0 Å². The normalized spacial score (nSPS) is 10.1. The lowest BCUT2D eigenvalue weighted by Crippen LogP contribution is -1.93. The molecule has 1 heterocycles. The summed E-state index contributed by atoms with van der Waals surface area (Å²) < 4.78 is 5.38. The summed E-state index contributed by atoms with van der Waals surface area (Å²) in [5.41, 5.74) is 0.717. The monoisotopic (exact) mass is 219 g/mol. The summed E-state index contributed by atoms with van der Waals surface area (Å²) in [6, 6.07) is 6.19. The Bertz CT molecular complexity index is 522. The maximum Gasteiger partial charge on any atom is 0.311 e. The molecular weight excluding hydrogens is 210 g/mol. The highest BCUT2D eigenvalue weighted by Crippen LogP contribution is 2.30. The molecule has 1 aromatic heterocycles. The van der Waals surface area contributed by atoms with Crippen LogP contribution in [-0.2, 0) is 0 Å². The number of benzene rings is 1. The van der Waals surface area contributed by atoms with Crippen molar-refractivity contribution in [3.05, 3.63) is 46.1 Å². The number of aromatic amines is 1. The molecule has 16 heavy (non-hydrogen) atoms. The molecule has 0 aliphatic heterocycles. The molecule has 0 atom stereocenters. The molecule has 0 bridgehead atoms. The number of nitrogens with one attached hydrogen (secondary N) is 1. The molecule has 0 spiro atoms. The van der Waals surface area contributed by atoms with Crippen LogP contribution >= 0.6 is 0 Å². The maximum absolute atomic E-state index is 10.7. The summed E-state index contributed by atoms with van der Waals surface area (Å²) in [5, 5.41) is 17.1. The van der Waals surface area contributed by atoms with Crippen LogP contribution in [0.15, 0.2) is 30.5 Å². The number of hydrogen-bond donors (Lipinski definition) is 1. The zero-order chi connectivity index (χ0) is 11.5. The minimum atomic E-state index is -0.485. The van der Waals surface area contributed by atoms with Crippen molar-refractivity contribution in [2.45, 2.75) is 6.92 Å². The van der Waals surface area contributed by atoms with Gasteiger partial charge in [0.1, 0.15) is 0 Å². The molecule has 0 saturated heterocycles. The van der Waals surface area contributed by atoms with Crippen LogP contribution in [0.1, 0.15) is 5.56 Å². The van der Waals surface area contributed by atoms with Gasteiger partial charge in [-0.3, -0.25) is 10.1 Å². The van der Waals surface area contributed by atoms with Crippen LogP contribution in [-0.4, -0.2) is 15.1 Å². The van der Waals surface area contributed by atoms with E-state index in [4.69, 9.17) is 4.74 Å². The number of aromatic nitrogens is 2. The Balaban J connectivity index is 2.35. The van der Waals surface area contributed by atoms with Crippen molar-refractivity contribution in [3.63, 3.8) is 0 Å². The lowest BCUT2D eigenvalue weighted by Gasteiger charge is -2.03. The Morgan fingerprint density at radius 3 is 2.81 bits per heavy atom. The van der Waals surface area contributed by atoms with Crippen LogP contribution in [0.5, 0.6) is 11.6 Å². The first-order valence-electron chi connectivity index (χ1n) is 4.59. The standard InChI is InChI=1S/C10H9N3O3/c1-7-6-11-12-10(7)16-9-5-3-2-4-8(9)13(14)15/h2-6H,1H3,(H,11,12). The second-order valence-electron chi connectivity index (χ2n) is 3.21. The quantitative estimate of drug-likeness (QED) is 0.634. The van der Waals surface area contributed by atoms with Gasteiger partial charge in [-0.15, -0.1) is 0 Å². The van der Waals surface area contributed by atoms with E-state index in [1.165, 1.54) is 6.07 Å². The number of para-hydroxylation sites is 2. The molecule has 0 radical (unpaired) electrons. The van der Waals surface area contributed by atoms with E-state index in [0.29, 0.717) is 5.88 Å². The van der Waals surface area contributed by atoms with Gasteiger partial charge in [0.05, 0.1) is 11.1 Å². The Morgan fingerprint density at radius 1 is 1.44 bits per heavy atom. The number of H-pyrrole nitrogens is 1. The second kappa shape index (κ2) is 4.01. The predicted octanol–water partition coefficient (Wildman–Crippen LogP) is 2.42. The van der Waals surface area contributed by atoms with E-state index in [1.54, 1.807) is 31.3 Å². The van der Waals surface area contributed by atoms with E-state index >= 15 is 0 Å². The second-order valence-corrected chi connectivity index (χ2v) is 3.21. The van der Waals surface area contributed by atoms with Crippen LogP contribution in [0.4, 0.5) is 5.69 Å². The lowest BCUT2D eigenvalue weighted by atomic mass is 10.3. The van der Waals surface area contributed by atoms with Gasteiger partial charge in [-0.2, -0.15) is 5.10 Å². The van der Waals surface area contributed by atoms with Crippen LogP contribution < -0.4 is 4.74 Å². The molecule has 0 saturated carbocycles. The third kappa shape index (κ3) is 1.85. The summed E-state index contributed by atoms with van der Waals surface area (Å²) in [6.45, 7) is 1.80. The van der Waals surface area contributed by atoms with E-state index < -0.39 is 4.92 Å². The molecule has 0 unspecified atom stereocenters. The smallest absolute Gasteiger partial charge is 0.311 e. The van der Waals surface area contributed by atoms with Crippen molar-refractivity contribution < 1.29 is 9.66 Å². The highest BCUT2D eigenvalue weighted by molar-refractivity contribution is 5.47. The van der Waals surface area contributed by atoms with E-state index in [2.05, 4.69) is 10.2 Å². The van der Waals surface area contributed by atoms with E-state index in [0.717, 1.165) is 5.56 Å². The minimum absolute atomic E-state index is 0.0727. The van der Waals surface area contributed by atoms with Crippen molar-refractivity contribution >= 4 is 5.69 Å². The molecule has 6 nitrogen and oxygen atoms in total. The minimum Gasteiger partial charge on any atom is -0.432 e. The number of rotatable bonds is 3. The molecule has 0 amide bonds. The van der Waals surface area contributed by atoms with Gasteiger partial charge in [0.25, 0.3) is 0 Å². The first kappa shape index (κ1) is 10.2. The number of ether oxygens (including phenoxy) is 1. The van der Waals surface area contributed by atoms with Crippen molar-refractivity contribution in [1.29, 1.82) is 0 Å². The fraction of sp³-hybridized carbons (Fsp3) is 0.100. The Hall–Kier alpha value is -2.37. The first-order valence-corrected chi connectivity index (χ1v) is 4.59. The van der Waals surface area contributed by atoms with Crippen LogP contribution in [0.2, 0.25) is 0 Å². The predicted molar refractivity (Wildman–Crippen MR) is 56.5 cm³/mol. The third-order valence-corrected chi connectivity index (χ3v) is 2.06. The average molecular weight is 219 g/mol. The zero-order valence-corrected chi connectivity index (χ0v) is 8.51. The van der Waals surface area contributed by atoms with Gasteiger partial charge in [-0.25, -0.2) is 5.10 Å². The van der Waals surface area contributed by atoms with Crippen molar-refractivity contribution in [2.75, 3.05) is 0 Å². The van der Waals surface area contributed by atoms with Gasteiger partial charge >= 0.3 is 5.69 Å². The molecule has 2 rings (SSSR count). The van der Waals surface area contributed by atoms with E-state index in [9.17, 15) is 10.1 Å².